The van der Waals surface area contributed by atoms with Gasteiger partial charge in [0.05, 0.1) is 19.3 Å². The second-order valence-electron chi connectivity index (χ2n) is 13.2. The third-order valence-corrected chi connectivity index (χ3v) is 9.61. The summed E-state index contributed by atoms with van der Waals surface area (Å²) >= 11 is 0. The number of rotatable bonds is 8. The maximum atomic E-state index is 15.0. The molecule has 0 radical (unpaired) electrons. The first kappa shape index (κ1) is 34.1. The number of carbonyl (C=O) groups excluding carboxylic acids is 2. The summed E-state index contributed by atoms with van der Waals surface area (Å²) in [7, 11) is 1.37. The van der Waals surface area contributed by atoms with E-state index in [2.05, 4.69) is 20.6 Å². The molecule has 0 saturated heterocycles. The second kappa shape index (κ2) is 12.6. The number of amides is 2. The molecule has 1 aliphatic heterocycles. The molecule has 6 rings (SSSR count). The lowest BCUT2D eigenvalue weighted by Crippen LogP contribution is -2.54. The molecule has 4 aromatic rings. The summed E-state index contributed by atoms with van der Waals surface area (Å²) in [6, 6.07) is 12.0. The number of alkyl halides is 3. The van der Waals surface area contributed by atoms with Crippen LogP contribution in [0.4, 0.5) is 17.6 Å². The summed E-state index contributed by atoms with van der Waals surface area (Å²) in [5.41, 5.74) is -5.96. The maximum Gasteiger partial charge on any atom is 0.424 e. The van der Waals surface area contributed by atoms with E-state index in [0.717, 1.165) is 50.3 Å². The molecule has 1 unspecified atom stereocenters. The molecule has 258 valence electrons. The predicted octanol–water partition coefficient (Wildman–Crippen LogP) is 6.11. The summed E-state index contributed by atoms with van der Waals surface area (Å²) in [5.74, 6) is -1.66. The fourth-order valence-electron chi connectivity index (χ4n) is 6.55. The highest BCUT2D eigenvalue weighted by atomic mass is 19.4. The normalized spacial score (nSPS) is 19.8. The third kappa shape index (κ3) is 6.27. The van der Waals surface area contributed by atoms with Gasteiger partial charge >= 0.3 is 6.18 Å². The average molecular weight is 681 g/mol. The van der Waals surface area contributed by atoms with Gasteiger partial charge in [-0.3, -0.25) is 14.6 Å². The Hall–Kier alpha value is -4.78. The molecule has 13 heteroatoms. The van der Waals surface area contributed by atoms with E-state index in [0.29, 0.717) is 10.9 Å². The molecule has 0 spiro atoms. The first-order chi connectivity index (χ1) is 23.2. The minimum Gasteiger partial charge on any atom is -0.494 e. The Balaban J connectivity index is 1.41. The van der Waals surface area contributed by atoms with Crippen molar-refractivity contribution in [2.45, 2.75) is 68.7 Å². The van der Waals surface area contributed by atoms with E-state index < -0.39 is 52.6 Å². The zero-order chi connectivity index (χ0) is 35.2. The van der Waals surface area contributed by atoms with Crippen LogP contribution >= 0.6 is 0 Å². The first-order valence-electron chi connectivity index (χ1n) is 15.9. The molecule has 3 heterocycles. The van der Waals surface area contributed by atoms with Crippen molar-refractivity contribution in [3.8, 4) is 22.8 Å². The number of hydrogen-bond acceptors (Lipinski definition) is 7. The largest absolute Gasteiger partial charge is 0.494 e. The quantitative estimate of drug-likeness (QED) is 0.192. The van der Waals surface area contributed by atoms with Crippen LogP contribution in [0.1, 0.15) is 67.6 Å². The van der Waals surface area contributed by atoms with E-state index in [4.69, 9.17) is 9.47 Å². The fourth-order valence-corrected chi connectivity index (χ4v) is 6.55. The van der Waals surface area contributed by atoms with Crippen molar-refractivity contribution in [1.29, 1.82) is 0 Å². The van der Waals surface area contributed by atoms with E-state index in [9.17, 15) is 32.3 Å². The molecule has 0 bridgehead atoms. The number of carbonyl (C=O) groups is 2. The van der Waals surface area contributed by atoms with Gasteiger partial charge in [-0.2, -0.15) is 13.2 Å². The standard InChI is InChI=1S/C36H36F4N4O5/c1-33(13-5-4-6-14-33)44-32(46)34(2)20-49-30-25(34)18-27(43-29(30)21-9-11-24(37)12-10-21)35(47,36(38,39)40)19-42-31(45)23-16-22-8-7-15-41-28(22)26(17-23)48-3/h7-12,15-18,47H,4-6,13-14,19-20H2,1-3H3,(H,42,45)(H,44,46)/t34-,35?/m0/s1. The van der Waals surface area contributed by atoms with Crippen LogP contribution in [-0.2, 0) is 15.8 Å². The van der Waals surface area contributed by atoms with Crippen molar-refractivity contribution in [2.24, 2.45) is 0 Å². The second-order valence-corrected chi connectivity index (χ2v) is 13.2. The number of nitrogens with zero attached hydrogens (tertiary/aromatic N) is 2. The topological polar surface area (TPSA) is 123 Å². The average Bonchev–Trinajstić information content (AvgIpc) is 3.43. The molecule has 2 aliphatic rings. The maximum absolute atomic E-state index is 15.0. The van der Waals surface area contributed by atoms with E-state index in [1.54, 1.807) is 19.1 Å². The van der Waals surface area contributed by atoms with Crippen molar-refractivity contribution in [3.63, 3.8) is 0 Å². The van der Waals surface area contributed by atoms with Gasteiger partial charge in [-0.05, 0) is 75.2 Å². The van der Waals surface area contributed by atoms with E-state index >= 15 is 0 Å². The molecule has 3 N–H and O–H groups in total. The lowest BCUT2D eigenvalue weighted by atomic mass is 9.78. The van der Waals surface area contributed by atoms with Gasteiger partial charge in [0.25, 0.3) is 5.91 Å². The van der Waals surface area contributed by atoms with Crippen LogP contribution in [-0.4, -0.2) is 58.9 Å². The molecular formula is C36H36F4N4O5. The molecule has 1 saturated carbocycles. The fraction of sp³-hybridized carbons (Fsp3) is 0.389. The van der Waals surface area contributed by atoms with Crippen LogP contribution in [0, 0.1) is 5.82 Å². The van der Waals surface area contributed by atoms with Crippen molar-refractivity contribution in [3.05, 3.63) is 83.4 Å². The highest BCUT2D eigenvalue weighted by Crippen LogP contribution is 2.48. The summed E-state index contributed by atoms with van der Waals surface area (Å²) in [6.07, 6.45) is 0.584. The molecule has 9 nitrogen and oxygen atoms in total. The van der Waals surface area contributed by atoms with Gasteiger partial charge in [0, 0.05) is 33.8 Å². The number of aliphatic hydroxyl groups is 1. The van der Waals surface area contributed by atoms with Crippen molar-refractivity contribution < 1.29 is 41.7 Å². The van der Waals surface area contributed by atoms with Crippen LogP contribution < -0.4 is 20.1 Å². The van der Waals surface area contributed by atoms with Gasteiger partial charge in [0.2, 0.25) is 11.5 Å². The number of ether oxygens (including phenoxy) is 2. The third-order valence-electron chi connectivity index (χ3n) is 9.61. The number of halogens is 4. The Kier molecular flexibility index (Phi) is 8.76. The molecule has 1 aliphatic carbocycles. The molecule has 2 amide bonds. The van der Waals surface area contributed by atoms with Gasteiger partial charge in [-0.1, -0.05) is 25.3 Å². The van der Waals surface area contributed by atoms with E-state index in [-0.39, 0.29) is 40.5 Å². The summed E-state index contributed by atoms with van der Waals surface area (Å²) < 4.78 is 70.2. The van der Waals surface area contributed by atoms with Gasteiger partial charge in [-0.25, -0.2) is 9.37 Å². The number of pyridine rings is 2. The van der Waals surface area contributed by atoms with Crippen molar-refractivity contribution in [2.75, 3.05) is 20.3 Å². The van der Waals surface area contributed by atoms with Crippen LogP contribution in [0.5, 0.6) is 11.5 Å². The number of hydrogen-bond donors (Lipinski definition) is 3. The molecule has 2 aromatic heterocycles. The number of benzene rings is 2. The van der Waals surface area contributed by atoms with Crippen molar-refractivity contribution in [1.82, 2.24) is 20.6 Å². The lowest BCUT2D eigenvalue weighted by molar-refractivity contribution is -0.265. The Morgan fingerprint density at radius 1 is 1.04 bits per heavy atom. The van der Waals surface area contributed by atoms with Gasteiger partial charge in [0.1, 0.15) is 40.5 Å². The number of nitrogens with one attached hydrogen (secondary N) is 2. The first-order valence-corrected chi connectivity index (χ1v) is 15.9. The molecule has 2 aromatic carbocycles. The monoisotopic (exact) mass is 680 g/mol. The molecule has 2 atom stereocenters. The van der Waals surface area contributed by atoms with Crippen molar-refractivity contribution >= 4 is 22.7 Å². The Morgan fingerprint density at radius 3 is 2.43 bits per heavy atom. The minimum absolute atomic E-state index is 0.0235. The zero-order valence-corrected chi connectivity index (χ0v) is 27.2. The SMILES string of the molecule is COc1cc(C(=O)NCC(O)(c2cc3c(c(-c4ccc(F)cc4)n2)OC[C@]3(C)C(=O)NC2(C)CCCCC2)C(F)(F)F)cc2cccnc12. The Bertz CT molecular complexity index is 1910. The summed E-state index contributed by atoms with van der Waals surface area (Å²) in [4.78, 5) is 35.7. The minimum atomic E-state index is -5.35. The van der Waals surface area contributed by atoms with Crippen LogP contribution in [0.2, 0.25) is 0 Å². The summed E-state index contributed by atoms with van der Waals surface area (Å²) in [6.45, 7) is 1.98. The van der Waals surface area contributed by atoms with E-state index in [1.807, 2.05) is 6.92 Å². The molecule has 1 fully saturated rings. The Labute approximate surface area is 280 Å². The van der Waals surface area contributed by atoms with Crippen LogP contribution in [0.25, 0.3) is 22.2 Å². The lowest BCUT2D eigenvalue weighted by Gasteiger charge is -2.37. The zero-order valence-electron chi connectivity index (χ0n) is 27.2. The highest BCUT2D eigenvalue weighted by Gasteiger charge is 2.58. The number of fused-ring (bicyclic) bond motifs is 2. The molecule has 49 heavy (non-hydrogen) atoms. The molecular weight excluding hydrogens is 644 g/mol. The van der Waals surface area contributed by atoms with Crippen LogP contribution in [0.3, 0.4) is 0 Å². The van der Waals surface area contributed by atoms with E-state index in [1.165, 1.54) is 37.6 Å². The van der Waals surface area contributed by atoms with Gasteiger partial charge in [0.15, 0.2) is 0 Å². The smallest absolute Gasteiger partial charge is 0.424 e. The van der Waals surface area contributed by atoms with Crippen LogP contribution in [0.15, 0.2) is 60.8 Å². The number of methoxy groups -OCH3 is 1. The Morgan fingerprint density at radius 2 is 1.76 bits per heavy atom. The van der Waals surface area contributed by atoms with Gasteiger partial charge in [-0.15, -0.1) is 0 Å². The summed E-state index contributed by atoms with van der Waals surface area (Å²) in [5, 5.41) is 17.3. The predicted molar refractivity (Wildman–Crippen MR) is 173 cm³/mol. The number of aromatic nitrogens is 2. The van der Waals surface area contributed by atoms with Gasteiger partial charge < -0.3 is 25.2 Å². The highest BCUT2D eigenvalue weighted by molar-refractivity contribution is 6.00.